The average Bonchev–Trinajstić information content (AvgIpc) is 2.57. The van der Waals surface area contributed by atoms with Crippen molar-refractivity contribution >= 4 is 29.2 Å². The molecule has 0 heterocycles. The predicted octanol–water partition coefficient (Wildman–Crippen LogP) is 3.39. The van der Waals surface area contributed by atoms with Crippen LogP contribution in [0.15, 0.2) is 36.4 Å². The number of carbonyl (C=O) groups is 2. The summed E-state index contributed by atoms with van der Waals surface area (Å²) >= 11 is 5.84. The van der Waals surface area contributed by atoms with Crippen molar-refractivity contribution in [1.29, 1.82) is 5.26 Å². The Bertz CT molecular complexity index is 854. The zero-order valence-corrected chi connectivity index (χ0v) is 15.1. The van der Waals surface area contributed by atoms with Crippen LogP contribution in [0.4, 0.5) is 5.69 Å². The van der Waals surface area contributed by atoms with E-state index in [2.05, 4.69) is 5.32 Å². The van der Waals surface area contributed by atoms with Crippen molar-refractivity contribution < 1.29 is 19.1 Å². The van der Waals surface area contributed by atoms with E-state index >= 15 is 0 Å². The second-order valence-electron chi connectivity index (χ2n) is 5.62. The molecule has 0 radical (unpaired) electrons. The van der Waals surface area contributed by atoms with Gasteiger partial charge in [0.25, 0.3) is 5.91 Å². The number of esters is 1. The van der Waals surface area contributed by atoms with E-state index in [0.717, 1.165) is 11.1 Å². The third-order valence-electron chi connectivity index (χ3n) is 3.29. The molecular weight excluding hydrogens is 356 g/mol. The quantitative estimate of drug-likeness (QED) is 0.785. The Morgan fingerprint density at radius 3 is 2.46 bits per heavy atom. The zero-order chi connectivity index (χ0) is 19.1. The monoisotopic (exact) mass is 372 g/mol. The number of nitrogens with one attached hydrogen (secondary N) is 1. The molecule has 0 fully saturated rings. The second-order valence-corrected chi connectivity index (χ2v) is 6.06. The molecule has 0 aliphatic carbocycles. The lowest BCUT2D eigenvalue weighted by Gasteiger charge is -2.10. The molecule has 0 atom stereocenters. The number of rotatable bonds is 6. The minimum atomic E-state index is -0.675. The van der Waals surface area contributed by atoms with Crippen LogP contribution in [0.2, 0.25) is 5.02 Å². The fourth-order valence-electron chi connectivity index (χ4n) is 2.25. The number of benzene rings is 2. The summed E-state index contributed by atoms with van der Waals surface area (Å²) in [5.41, 5.74) is 2.55. The minimum absolute atomic E-state index is 0.257. The van der Waals surface area contributed by atoms with E-state index in [4.69, 9.17) is 26.3 Å². The second kappa shape index (κ2) is 8.88. The molecule has 0 unspecified atom stereocenters. The lowest BCUT2D eigenvalue weighted by molar-refractivity contribution is -0.149. The van der Waals surface area contributed by atoms with Crippen LogP contribution >= 0.6 is 11.6 Å². The van der Waals surface area contributed by atoms with Gasteiger partial charge in [0, 0.05) is 5.02 Å². The van der Waals surface area contributed by atoms with Crippen molar-refractivity contribution in [3.05, 3.63) is 58.1 Å². The predicted molar refractivity (Wildman–Crippen MR) is 97.2 cm³/mol. The molecule has 0 spiro atoms. The summed E-state index contributed by atoms with van der Waals surface area (Å²) in [4.78, 5) is 23.6. The third kappa shape index (κ3) is 5.80. The maximum absolute atomic E-state index is 11.9. The Balaban J connectivity index is 1.83. The number of ether oxygens (including phenoxy) is 2. The Hall–Kier alpha value is -3.04. The Kier molecular flexibility index (Phi) is 6.59. The number of aryl methyl sites for hydroxylation is 2. The summed E-state index contributed by atoms with van der Waals surface area (Å²) < 4.78 is 10.2. The van der Waals surface area contributed by atoms with Crippen LogP contribution in [0.1, 0.15) is 16.7 Å². The highest BCUT2D eigenvalue weighted by molar-refractivity contribution is 6.31. The van der Waals surface area contributed by atoms with Crippen LogP contribution in [0.25, 0.3) is 0 Å². The summed E-state index contributed by atoms with van der Waals surface area (Å²) in [5.74, 6) is -0.698. The first-order chi connectivity index (χ1) is 12.4. The lowest BCUT2D eigenvalue weighted by Crippen LogP contribution is -2.24. The van der Waals surface area contributed by atoms with Gasteiger partial charge in [-0.25, -0.2) is 4.79 Å². The topological polar surface area (TPSA) is 88.4 Å². The molecule has 2 rings (SSSR count). The highest BCUT2D eigenvalue weighted by atomic mass is 35.5. The van der Waals surface area contributed by atoms with Gasteiger partial charge in [0.2, 0.25) is 0 Å². The number of hydrogen-bond donors (Lipinski definition) is 1. The summed E-state index contributed by atoms with van der Waals surface area (Å²) in [6.07, 6.45) is 0. The van der Waals surface area contributed by atoms with E-state index in [1.165, 1.54) is 12.1 Å². The first-order valence-electron chi connectivity index (χ1n) is 7.73. The first kappa shape index (κ1) is 19.3. The largest absolute Gasteiger partial charge is 0.482 e. The smallest absolute Gasteiger partial charge is 0.344 e. The van der Waals surface area contributed by atoms with E-state index in [1.54, 1.807) is 18.2 Å². The number of hydrogen-bond acceptors (Lipinski definition) is 5. The fourth-order valence-corrected chi connectivity index (χ4v) is 2.42. The molecule has 1 N–H and O–H groups in total. The highest BCUT2D eigenvalue weighted by Crippen LogP contribution is 2.20. The van der Waals surface area contributed by atoms with Gasteiger partial charge in [0.05, 0.1) is 11.3 Å². The van der Waals surface area contributed by atoms with Gasteiger partial charge in [-0.1, -0.05) is 17.7 Å². The number of nitriles is 1. The normalized spacial score (nSPS) is 9.92. The summed E-state index contributed by atoms with van der Waals surface area (Å²) in [6, 6.07) is 12.0. The number of halogens is 1. The molecule has 7 heteroatoms. The van der Waals surface area contributed by atoms with Crippen molar-refractivity contribution in [1.82, 2.24) is 0 Å². The maximum Gasteiger partial charge on any atom is 0.344 e. The van der Waals surface area contributed by atoms with Gasteiger partial charge in [-0.05, 0) is 55.3 Å². The van der Waals surface area contributed by atoms with Gasteiger partial charge in [0.15, 0.2) is 13.2 Å². The Morgan fingerprint density at radius 2 is 1.81 bits per heavy atom. The molecule has 0 saturated carbocycles. The summed E-state index contributed by atoms with van der Waals surface area (Å²) in [7, 11) is 0. The number of anilines is 1. The molecule has 0 aliphatic heterocycles. The molecule has 6 nitrogen and oxygen atoms in total. The van der Waals surface area contributed by atoms with Gasteiger partial charge in [-0.3, -0.25) is 4.79 Å². The van der Waals surface area contributed by atoms with Crippen molar-refractivity contribution in [3.63, 3.8) is 0 Å². The molecule has 134 valence electrons. The molecule has 2 aromatic carbocycles. The Labute approximate surface area is 156 Å². The van der Waals surface area contributed by atoms with E-state index < -0.39 is 18.5 Å². The van der Waals surface area contributed by atoms with E-state index in [1.807, 2.05) is 26.0 Å². The third-order valence-corrected chi connectivity index (χ3v) is 3.53. The van der Waals surface area contributed by atoms with Crippen molar-refractivity contribution in [2.75, 3.05) is 18.5 Å². The molecular formula is C19H17ClN2O4. The molecule has 0 aliphatic rings. The van der Waals surface area contributed by atoms with Gasteiger partial charge in [-0.15, -0.1) is 0 Å². The van der Waals surface area contributed by atoms with E-state index in [0.29, 0.717) is 10.8 Å². The highest BCUT2D eigenvalue weighted by Gasteiger charge is 2.11. The van der Waals surface area contributed by atoms with Crippen LogP contribution in [-0.4, -0.2) is 25.1 Å². The zero-order valence-electron chi connectivity index (χ0n) is 14.3. The number of nitrogens with zero attached hydrogens (tertiary/aromatic N) is 1. The summed E-state index contributed by atoms with van der Waals surface area (Å²) in [6.45, 7) is 3.05. The molecule has 0 bridgehead atoms. The van der Waals surface area contributed by atoms with Gasteiger partial charge in [-0.2, -0.15) is 5.26 Å². The van der Waals surface area contributed by atoms with Gasteiger partial charge in [0.1, 0.15) is 11.8 Å². The lowest BCUT2D eigenvalue weighted by atomic mass is 10.1. The first-order valence-corrected chi connectivity index (χ1v) is 8.11. The summed E-state index contributed by atoms with van der Waals surface area (Å²) in [5, 5.41) is 11.9. The van der Waals surface area contributed by atoms with Crippen molar-refractivity contribution in [3.8, 4) is 11.8 Å². The fraction of sp³-hybridized carbons (Fsp3) is 0.211. The van der Waals surface area contributed by atoms with Crippen molar-refractivity contribution in [2.45, 2.75) is 13.8 Å². The van der Waals surface area contributed by atoms with Crippen molar-refractivity contribution in [2.24, 2.45) is 0 Å². The van der Waals surface area contributed by atoms with Crippen LogP contribution in [-0.2, 0) is 14.3 Å². The van der Waals surface area contributed by atoms with Gasteiger partial charge >= 0.3 is 5.97 Å². The van der Waals surface area contributed by atoms with Crippen LogP contribution in [0.5, 0.6) is 5.75 Å². The van der Waals surface area contributed by atoms with Crippen LogP contribution < -0.4 is 10.1 Å². The van der Waals surface area contributed by atoms with E-state index in [9.17, 15) is 9.59 Å². The molecule has 1 amide bonds. The molecule has 2 aromatic rings. The van der Waals surface area contributed by atoms with Crippen LogP contribution in [0, 0.1) is 25.2 Å². The average molecular weight is 373 g/mol. The maximum atomic E-state index is 11.9. The standard InChI is InChI=1S/C19H17ClN2O4/c1-12-5-13(2)7-16(6-12)25-11-19(24)26-10-18(23)22-17-8-15(20)4-3-14(17)9-21/h3-8H,10-11H2,1-2H3,(H,22,23). The number of amides is 1. The SMILES string of the molecule is Cc1cc(C)cc(OCC(=O)OCC(=O)Nc2cc(Cl)ccc2C#N)c1. The van der Waals surface area contributed by atoms with Gasteiger partial charge < -0.3 is 14.8 Å². The van der Waals surface area contributed by atoms with E-state index in [-0.39, 0.29) is 17.9 Å². The molecule has 0 aromatic heterocycles. The Morgan fingerprint density at radius 1 is 1.12 bits per heavy atom. The minimum Gasteiger partial charge on any atom is -0.482 e. The number of carbonyl (C=O) groups excluding carboxylic acids is 2. The van der Waals surface area contributed by atoms with Crippen LogP contribution in [0.3, 0.4) is 0 Å². The molecule has 0 saturated heterocycles. The molecule has 26 heavy (non-hydrogen) atoms.